The number of benzene rings is 3. The SMILES string of the molecule is CN1c2ccccc2N2c3ccccc3C(C)(C)c3cccc1c32. The van der Waals surface area contributed by atoms with Gasteiger partial charge in [-0.2, -0.15) is 0 Å². The summed E-state index contributed by atoms with van der Waals surface area (Å²) in [6.07, 6.45) is 0. The summed E-state index contributed by atoms with van der Waals surface area (Å²) in [5.41, 5.74) is 9.15. The topological polar surface area (TPSA) is 6.48 Å². The van der Waals surface area contributed by atoms with Gasteiger partial charge in [-0.25, -0.2) is 0 Å². The highest BCUT2D eigenvalue weighted by Gasteiger charge is 2.41. The van der Waals surface area contributed by atoms with Crippen LogP contribution in [0.1, 0.15) is 25.0 Å². The fraction of sp³-hybridized carbons (Fsp3) is 0.182. The van der Waals surface area contributed by atoms with E-state index < -0.39 is 0 Å². The van der Waals surface area contributed by atoms with Gasteiger partial charge in [0.1, 0.15) is 0 Å². The monoisotopic (exact) mass is 312 g/mol. The fourth-order valence-electron chi connectivity index (χ4n) is 4.32. The summed E-state index contributed by atoms with van der Waals surface area (Å²) in [7, 11) is 2.17. The summed E-state index contributed by atoms with van der Waals surface area (Å²) >= 11 is 0. The summed E-state index contributed by atoms with van der Waals surface area (Å²) in [6.45, 7) is 4.67. The van der Waals surface area contributed by atoms with Crippen LogP contribution >= 0.6 is 0 Å². The van der Waals surface area contributed by atoms with Crippen molar-refractivity contribution in [2.24, 2.45) is 0 Å². The molecule has 0 bridgehead atoms. The lowest BCUT2D eigenvalue weighted by Crippen LogP contribution is -2.34. The number of anilines is 5. The zero-order valence-corrected chi connectivity index (χ0v) is 14.2. The summed E-state index contributed by atoms with van der Waals surface area (Å²) in [5, 5.41) is 0. The van der Waals surface area contributed by atoms with E-state index in [0.717, 1.165) is 0 Å². The van der Waals surface area contributed by atoms with Gasteiger partial charge in [0.2, 0.25) is 0 Å². The van der Waals surface area contributed by atoms with Gasteiger partial charge in [0.15, 0.2) is 0 Å². The summed E-state index contributed by atoms with van der Waals surface area (Å²) in [6, 6.07) is 24.2. The molecule has 0 spiro atoms. The molecule has 2 aliphatic heterocycles. The Bertz CT molecular complexity index is 971. The summed E-state index contributed by atoms with van der Waals surface area (Å²) in [4.78, 5) is 4.76. The molecule has 0 unspecified atom stereocenters. The van der Waals surface area contributed by atoms with Crippen molar-refractivity contribution < 1.29 is 0 Å². The Morgan fingerprint density at radius 2 is 1.21 bits per heavy atom. The van der Waals surface area contributed by atoms with Crippen LogP contribution in [0.15, 0.2) is 66.7 Å². The van der Waals surface area contributed by atoms with Crippen molar-refractivity contribution in [1.29, 1.82) is 0 Å². The Kier molecular flexibility index (Phi) is 2.52. The predicted octanol–water partition coefficient (Wildman–Crippen LogP) is 5.88. The Morgan fingerprint density at radius 1 is 0.625 bits per heavy atom. The van der Waals surface area contributed by atoms with E-state index in [1.165, 1.54) is 39.6 Å². The van der Waals surface area contributed by atoms with Crippen molar-refractivity contribution in [1.82, 2.24) is 0 Å². The number of fused-ring (bicyclic) bond motifs is 4. The minimum atomic E-state index is -0.00837. The highest BCUT2D eigenvalue weighted by atomic mass is 15.3. The molecule has 0 saturated carbocycles. The van der Waals surface area contributed by atoms with E-state index in [1.54, 1.807) is 0 Å². The molecular weight excluding hydrogens is 292 g/mol. The summed E-state index contributed by atoms with van der Waals surface area (Å²) in [5.74, 6) is 0. The fourth-order valence-corrected chi connectivity index (χ4v) is 4.32. The van der Waals surface area contributed by atoms with E-state index in [9.17, 15) is 0 Å². The third-order valence-corrected chi connectivity index (χ3v) is 5.58. The van der Waals surface area contributed by atoms with Crippen LogP contribution in [-0.2, 0) is 5.41 Å². The number of rotatable bonds is 0. The van der Waals surface area contributed by atoms with Gasteiger partial charge in [-0.05, 0) is 35.4 Å². The van der Waals surface area contributed by atoms with Crippen molar-refractivity contribution in [3.05, 3.63) is 77.9 Å². The standard InChI is InChI=1S/C22H20N2/c1-22(2)15-9-4-5-11-17(15)24-19-13-7-6-12-18(19)23(3)20-14-8-10-16(22)21(20)24/h4-14H,1-3H3. The first-order valence-corrected chi connectivity index (χ1v) is 8.46. The molecule has 2 heteroatoms. The van der Waals surface area contributed by atoms with E-state index >= 15 is 0 Å². The molecule has 2 heterocycles. The first-order valence-electron chi connectivity index (χ1n) is 8.46. The van der Waals surface area contributed by atoms with Crippen LogP contribution in [-0.4, -0.2) is 7.05 Å². The van der Waals surface area contributed by atoms with Crippen LogP contribution in [0.25, 0.3) is 0 Å². The minimum absolute atomic E-state index is 0.00837. The molecule has 0 atom stereocenters. The van der Waals surface area contributed by atoms with Gasteiger partial charge in [-0.3, -0.25) is 0 Å². The second kappa shape index (κ2) is 4.41. The second-order valence-electron chi connectivity index (χ2n) is 7.20. The maximum absolute atomic E-state index is 2.45. The molecule has 5 rings (SSSR count). The highest BCUT2D eigenvalue weighted by molar-refractivity contribution is 6.01. The molecule has 118 valence electrons. The van der Waals surface area contributed by atoms with Crippen molar-refractivity contribution in [2.45, 2.75) is 19.3 Å². The number of hydrogen-bond acceptors (Lipinski definition) is 2. The Balaban J connectivity index is 1.94. The molecule has 0 N–H and O–H groups in total. The zero-order chi connectivity index (χ0) is 16.5. The molecule has 0 aromatic heterocycles. The molecule has 0 saturated heterocycles. The van der Waals surface area contributed by atoms with E-state index in [2.05, 4.69) is 97.4 Å². The normalized spacial score (nSPS) is 16.3. The number of nitrogens with zero attached hydrogens (tertiary/aromatic N) is 2. The number of para-hydroxylation sites is 4. The first-order chi connectivity index (χ1) is 11.6. The molecule has 0 amide bonds. The average molecular weight is 312 g/mol. The first kappa shape index (κ1) is 13.7. The van der Waals surface area contributed by atoms with Gasteiger partial charge in [0.05, 0.1) is 28.4 Å². The zero-order valence-electron chi connectivity index (χ0n) is 14.2. The van der Waals surface area contributed by atoms with Crippen LogP contribution in [0.4, 0.5) is 28.4 Å². The quantitative estimate of drug-likeness (QED) is 0.511. The van der Waals surface area contributed by atoms with Crippen LogP contribution in [0.5, 0.6) is 0 Å². The van der Waals surface area contributed by atoms with Crippen LogP contribution in [0, 0.1) is 0 Å². The van der Waals surface area contributed by atoms with Crippen molar-refractivity contribution in [3.8, 4) is 0 Å². The maximum Gasteiger partial charge on any atom is 0.0740 e. The molecule has 3 aromatic carbocycles. The van der Waals surface area contributed by atoms with Crippen LogP contribution < -0.4 is 9.80 Å². The molecule has 2 aliphatic rings. The number of hydrogen-bond donors (Lipinski definition) is 0. The average Bonchev–Trinajstić information content (AvgIpc) is 2.61. The lowest BCUT2D eigenvalue weighted by atomic mass is 9.73. The van der Waals surface area contributed by atoms with Crippen LogP contribution in [0.2, 0.25) is 0 Å². The summed E-state index contributed by atoms with van der Waals surface area (Å²) < 4.78 is 0. The van der Waals surface area contributed by atoms with E-state index in [0.29, 0.717) is 0 Å². The van der Waals surface area contributed by atoms with Crippen molar-refractivity contribution in [2.75, 3.05) is 16.8 Å². The van der Waals surface area contributed by atoms with Crippen molar-refractivity contribution in [3.63, 3.8) is 0 Å². The highest BCUT2D eigenvalue weighted by Crippen LogP contribution is 2.59. The van der Waals surface area contributed by atoms with Crippen molar-refractivity contribution >= 4 is 28.4 Å². The second-order valence-corrected chi connectivity index (χ2v) is 7.20. The van der Waals surface area contributed by atoms with Gasteiger partial charge in [0, 0.05) is 12.5 Å². The predicted molar refractivity (Wildman–Crippen MR) is 101 cm³/mol. The van der Waals surface area contributed by atoms with E-state index in [1.807, 2.05) is 0 Å². The Labute approximate surface area is 143 Å². The molecule has 2 nitrogen and oxygen atoms in total. The third kappa shape index (κ3) is 1.51. The molecular formula is C22H20N2. The van der Waals surface area contributed by atoms with Gasteiger partial charge >= 0.3 is 0 Å². The largest absolute Gasteiger partial charge is 0.341 e. The molecule has 0 fully saturated rings. The molecule has 24 heavy (non-hydrogen) atoms. The third-order valence-electron chi connectivity index (χ3n) is 5.58. The smallest absolute Gasteiger partial charge is 0.0740 e. The Hall–Kier alpha value is -2.74. The van der Waals surface area contributed by atoms with Gasteiger partial charge in [-0.1, -0.05) is 56.3 Å². The lowest BCUT2D eigenvalue weighted by Gasteiger charge is -2.47. The lowest BCUT2D eigenvalue weighted by molar-refractivity contribution is 0.631. The van der Waals surface area contributed by atoms with Gasteiger partial charge in [0.25, 0.3) is 0 Å². The maximum atomic E-state index is 2.45. The Morgan fingerprint density at radius 3 is 2.00 bits per heavy atom. The molecule has 0 radical (unpaired) electrons. The van der Waals surface area contributed by atoms with E-state index in [4.69, 9.17) is 0 Å². The molecule has 3 aromatic rings. The van der Waals surface area contributed by atoms with Gasteiger partial charge < -0.3 is 9.80 Å². The van der Waals surface area contributed by atoms with Gasteiger partial charge in [-0.15, -0.1) is 0 Å². The van der Waals surface area contributed by atoms with Crippen LogP contribution in [0.3, 0.4) is 0 Å². The minimum Gasteiger partial charge on any atom is -0.341 e. The van der Waals surface area contributed by atoms with E-state index in [-0.39, 0.29) is 5.41 Å². The molecule has 0 aliphatic carbocycles.